The first-order valence-electron chi connectivity index (χ1n) is 5.71. The topological polar surface area (TPSA) is 86.6 Å². The van der Waals surface area contributed by atoms with Gasteiger partial charge in [-0.15, -0.1) is 0 Å². The second-order valence-corrected chi connectivity index (χ2v) is 4.12. The van der Waals surface area contributed by atoms with Gasteiger partial charge in [0.1, 0.15) is 17.4 Å². The van der Waals surface area contributed by atoms with Gasteiger partial charge in [-0.05, 0) is 36.4 Å². The number of nitrogens with one attached hydrogen (secondary N) is 1. The van der Waals surface area contributed by atoms with Gasteiger partial charge in [-0.3, -0.25) is 4.79 Å². The Morgan fingerprint density at radius 1 is 1.05 bits per heavy atom. The number of carbonyl (C=O) groups is 2. The molecule has 2 rings (SSSR count). The molecule has 7 heteroatoms. The molecule has 0 bridgehead atoms. The summed E-state index contributed by atoms with van der Waals surface area (Å²) in [5.41, 5.74) is -1.01. The summed E-state index contributed by atoms with van der Waals surface area (Å²) >= 11 is 0. The normalized spacial score (nSPS) is 10.2. The summed E-state index contributed by atoms with van der Waals surface area (Å²) in [6, 6.07) is 5.55. The number of anilines is 1. The molecule has 0 aliphatic carbocycles. The number of carboxylic acid groups (broad SMARTS) is 1. The molecule has 108 valence electrons. The minimum Gasteiger partial charge on any atom is -0.507 e. The number of phenolic OH excluding ortho intramolecular Hbond substituents is 1. The predicted molar refractivity (Wildman–Crippen MR) is 69.4 cm³/mol. The van der Waals surface area contributed by atoms with E-state index in [9.17, 15) is 23.5 Å². The van der Waals surface area contributed by atoms with E-state index in [0.29, 0.717) is 0 Å². The highest BCUT2D eigenvalue weighted by molar-refractivity contribution is 6.06. The molecule has 2 aromatic rings. The number of aromatic carboxylic acids is 1. The summed E-state index contributed by atoms with van der Waals surface area (Å²) in [6.07, 6.45) is 0. The number of benzene rings is 2. The molecule has 0 spiro atoms. The summed E-state index contributed by atoms with van der Waals surface area (Å²) < 4.78 is 26.6. The SMILES string of the molecule is O=C(O)c1ccc(F)c(NC(=O)c2cc(F)ccc2O)c1. The summed E-state index contributed by atoms with van der Waals surface area (Å²) in [4.78, 5) is 22.7. The largest absolute Gasteiger partial charge is 0.507 e. The van der Waals surface area contributed by atoms with E-state index in [1.165, 1.54) is 0 Å². The van der Waals surface area contributed by atoms with Crippen LogP contribution in [0.25, 0.3) is 0 Å². The van der Waals surface area contributed by atoms with E-state index in [0.717, 1.165) is 36.4 Å². The maximum absolute atomic E-state index is 13.5. The monoisotopic (exact) mass is 293 g/mol. The summed E-state index contributed by atoms with van der Waals surface area (Å²) in [5.74, 6) is -4.35. The van der Waals surface area contributed by atoms with Crippen molar-refractivity contribution in [3.63, 3.8) is 0 Å². The second-order valence-electron chi connectivity index (χ2n) is 4.12. The molecule has 0 heterocycles. The van der Waals surface area contributed by atoms with Crippen LogP contribution in [0.15, 0.2) is 36.4 Å². The number of aromatic hydroxyl groups is 1. The van der Waals surface area contributed by atoms with Crippen LogP contribution in [-0.4, -0.2) is 22.1 Å². The number of carbonyl (C=O) groups excluding carboxylic acids is 1. The predicted octanol–water partition coefficient (Wildman–Crippen LogP) is 2.62. The fourth-order valence-electron chi connectivity index (χ4n) is 1.63. The minimum absolute atomic E-state index is 0.227. The van der Waals surface area contributed by atoms with E-state index >= 15 is 0 Å². The van der Waals surface area contributed by atoms with Gasteiger partial charge in [0.05, 0.1) is 16.8 Å². The number of rotatable bonds is 3. The molecule has 0 fully saturated rings. The van der Waals surface area contributed by atoms with Crippen LogP contribution in [-0.2, 0) is 0 Å². The number of amides is 1. The van der Waals surface area contributed by atoms with Crippen molar-refractivity contribution in [3.8, 4) is 5.75 Å². The molecule has 0 atom stereocenters. The van der Waals surface area contributed by atoms with Gasteiger partial charge in [-0.25, -0.2) is 13.6 Å². The Bertz CT molecular complexity index is 731. The first-order valence-corrected chi connectivity index (χ1v) is 5.71. The van der Waals surface area contributed by atoms with Crippen LogP contribution in [0.1, 0.15) is 20.7 Å². The third kappa shape index (κ3) is 3.14. The van der Waals surface area contributed by atoms with Gasteiger partial charge >= 0.3 is 5.97 Å². The molecule has 0 aromatic heterocycles. The van der Waals surface area contributed by atoms with Crippen molar-refractivity contribution in [1.29, 1.82) is 0 Å². The molecule has 21 heavy (non-hydrogen) atoms. The number of halogens is 2. The van der Waals surface area contributed by atoms with Gasteiger partial charge in [0.25, 0.3) is 5.91 Å². The Balaban J connectivity index is 2.33. The summed E-state index contributed by atoms with van der Waals surface area (Å²) in [5, 5.41) is 20.4. The number of carboxylic acids is 1. The molecule has 5 nitrogen and oxygen atoms in total. The fourth-order valence-corrected chi connectivity index (χ4v) is 1.63. The molecule has 0 aliphatic rings. The van der Waals surface area contributed by atoms with Crippen LogP contribution in [0, 0.1) is 11.6 Å². The van der Waals surface area contributed by atoms with Crippen molar-refractivity contribution < 1.29 is 28.6 Å². The second kappa shape index (κ2) is 5.58. The lowest BCUT2D eigenvalue weighted by Gasteiger charge is -2.08. The van der Waals surface area contributed by atoms with Crippen molar-refractivity contribution in [2.24, 2.45) is 0 Å². The third-order valence-corrected chi connectivity index (χ3v) is 2.66. The molecule has 0 saturated heterocycles. The first kappa shape index (κ1) is 14.4. The van der Waals surface area contributed by atoms with Gasteiger partial charge in [0.2, 0.25) is 0 Å². The first-order chi connectivity index (χ1) is 9.88. The van der Waals surface area contributed by atoms with Gasteiger partial charge < -0.3 is 15.5 Å². The molecule has 0 radical (unpaired) electrons. The number of phenols is 1. The minimum atomic E-state index is -1.29. The maximum Gasteiger partial charge on any atom is 0.335 e. The van der Waals surface area contributed by atoms with Gasteiger partial charge in [0.15, 0.2) is 0 Å². The molecule has 0 aliphatic heterocycles. The number of hydrogen-bond acceptors (Lipinski definition) is 3. The highest BCUT2D eigenvalue weighted by Gasteiger charge is 2.15. The molecular weight excluding hydrogens is 284 g/mol. The molecule has 0 saturated carbocycles. The zero-order valence-corrected chi connectivity index (χ0v) is 10.4. The van der Waals surface area contributed by atoms with Gasteiger partial charge in [-0.1, -0.05) is 0 Å². The molecule has 3 N–H and O–H groups in total. The van der Waals surface area contributed by atoms with Crippen molar-refractivity contribution in [2.45, 2.75) is 0 Å². The van der Waals surface area contributed by atoms with Gasteiger partial charge in [0, 0.05) is 0 Å². The zero-order chi connectivity index (χ0) is 15.6. The lowest BCUT2D eigenvalue weighted by Crippen LogP contribution is -2.14. The van der Waals surface area contributed by atoms with E-state index in [1.807, 2.05) is 0 Å². The van der Waals surface area contributed by atoms with E-state index in [4.69, 9.17) is 5.11 Å². The zero-order valence-electron chi connectivity index (χ0n) is 10.4. The van der Waals surface area contributed by atoms with Crippen LogP contribution in [0.2, 0.25) is 0 Å². The Labute approximate surface area is 117 Å². The highest BCUT2D eigenvalue weighted by Crippen LogP contribution is 2.21. The standard InChI is InChI=1S/C14H9F2NO4/c15-8-2-4-12(18)9(6-8)13(19)17-11-5-7(14(20)21)1-3-10(11)16/h1-6,18H,(H,17,19)(H,20,21). The maximum atomic E-state index is 13.5. The van der Waals surface area contributed by atoms with Gasteiger partial charge in [-0.2, -0.15) is 0 Å². The lowest BCUT2D eigenvalue weighted by molar-refractivity contribution is 0.0696. The quantitative estimate of drug-likeness (QED) is 0.812. The van der Waals surface area contributed by atoms with Crippen LogP contribution in [0.5, 0.6) is 5.75 Å². The molecule has 0 unspecified atom stereocenters. The van der Waals surface area contributed by atoms with E-state index in [2.05, 4.69) is 5.32 Å². The molecule has 1 amide bonds. The van der Waals surface area contributed by atoms with E-state index in [-0.39, 0.29) is 11.3 Å². The van der Waals surface area contributed by atoms with Crippen LogP contribution >= 0.6 is 0 Å². The smallest absolute Gasteiger partial charge is 0.335 e. The highest BCUT2D eigenvalue weighted by atomic mass is 19.1. The summed E-state index contributed by atoms with van der Waals surface area (Å²) in [6.45, 7) is 0. The fraction of sp³-hybridized carbons (Fsp3) is 0. The van der Waals surface area contributed by atoms with E-state index < -0.39 is 34.8 Å². The third-order valence-electron chi connectivity index (χ3n) is 2.66. The van der Waals surface area contributed by atoms with E-state index in [1.54, 1.807) is 0 Å². The molecule has 2 aromatic carbocycles. The van der Waals surface area contributed by atoms with Crippen molar-refractivity contribution >= 4 is 17.6 Å². The lowest BCUT2D eigenvalue weighted by atomic mass is 10.1. The number of hydrogen-bond donors (Lipinski definition) is 3. The van der Waals surface area contributed by atoms with Crippen molar-refractivity contribution in [2.75, 3.05) is 5.32 Å². The average Bonchev–Trinajstić information content (AvgIpc) is 2.43. The van der Waals surface area contributed by atoms with Crippen molar-refractivity contribution in [1.82, 2.24) is 0 Å². The Kier molecular flexibility index (Phi) is 3.84. The average molecular weight is 293 g/mol. The summed E-state index contributed by atoms with van der Waals surface area (Å²) in [7, 11) is 0. The Morgan fingerprint density at radius 3 is 2.43 bits per heavy atom. The Hall–Kier alpha value is -2.96. The van der Waals surface area contributed by atoms with Crippen LogP contribution < -0.4 is 5.32 Å². The Morgan fingerprint density at radius 2 is 1.76 bits per heavy atom. The molecular formula is C14H9F2NO4. The van der Waals surface area contributed by atoms with Crippen LogP contribution in [0.3, 0.4) is 0 Å². The van der Waals surface area contributed by atoms with Crippen LogP contribution in [0.4, 0.5) is 14.5 Å². The van der Waals surface area contributed by atoms with Crippen molar-refractivity contribution in [3.05, 3.63) is 59.2 Å².